The highest BCUT2D eigenvalue weighted by Crippen LogP contribution is 1.97. The first-order chi connectivity index (χ1) is 13.6. The molecular formula is C15H28N8O6. The van der Waals surface area contributed by atoms with Gasteiger partial charge in [0.05, 0.1) is 19.6 Å². The van der Waals surface area contributed by atoms with E-state index in [9.17, 15) is 24.0 Å². The molecule has 4 amide bonds. The van der Waals surface area contributed by atoms with Crippen LogP contribution >= 0.6 is 0 Å². The van der Waals surface area contributed by atoms with E-state index in [2.05, 4.69) is 26.6 Å². The molecule has 2 atom stereocenters. The SMILES string of the molecule is C[C@H](NC(=O)CNC(=O)[C@H](CCCNC(=N)N)NC(=O)CNC(=O)CN)C(=O)O. The van der Waals surface area contributed by atoms with Gasteiger partial charge in [-0.1, -0.05) is 0 Å². The molecule has 0 unspecified atom stereocenters. The van der Waals surface area contributed by atoms with Crippen molar-refractivity contribution in [2.75, 3.05) is 26.2 Å². The second kappa shape index (κ2) is 13.7. The summed E-state index contributed by atoms with van der Waals surface area (Å²) in [6.07, 6.45) is 0.505. The molecule has 0 rings (SSSR count). The maximum absolute atomic E-state index is 12.3. The number of aliphatic carboxylic acids is 1. The Kier molecular flexibility index (Phi) is 12.1. The molecule has 0 radical (unpaired) electrons. The van der Waals surface area contributed by atoms with Crippen LogP contribution in [0.1, 0.15) is 19.8 Å². The number of nitrogens with one attached hydrogen (secondary N) is 6. The van der Waals surface area contributed by atoms with Crippen LogP contribution in [0, 0.1) is 5.41 Å². The van der Waals surface area contributed by atoms with Crippen LogP contribution in [-0.2, 0) is 24.0 Å². The van der Waals surface area contributed by atoms with Gasteiger partial charge in [0, 0.05) is 6.54 Å². The molecule has 0 saturated heterocycles. The summed E-state index contributed by atoms with van der Waals surface area (Å²) in [7, 11) is 0. The predicted octanol–water partition coefficient (Wildman–Crippen LogP) is -4.49. The summed E-state index contributed by atoms with van der Waals surface area (Å²) in [4.78, 5) is 57.7. The van der Waals surface area contributed by atoms with Gasteiger partial charge in [0.25, 0.3) is 0 Å². The Morgan fingerprint density at radius 2 is 1.55 bits per heavy atom. The van der Waals surface area contributed by atoms with E-state index in [0.29, 0.717) is 6.42 Å². The molecule has 11 N–H and O–H groups in total. The van der Waals surface area contributed by atoms with Crippen molar-refractivity contribution in [2.45, 2.75) is 31.8 Å². The molecule has 0 aliphatic heterocycles. The molecular weight excluding hydrogens is 388 g/mol. The second-order valence-corrected chi connectivity index (χ2v) is 5.93. The van der Waals surface area contributed by atoms with E-state index in [-0.39, 0.29) is 32.0 Å². The zero-order valence-electron chi connectivity index (χ0n) is 16.0. The van der Waals surface area contributed by atoms with Crippen LogP contribution in [0.5, 0.6) is 0 Å². The zero-order valence-corrected chi connectivity index (χ0v) is 16.0. The molecule has 0 saturated carbocycles. The first kappa shape index (κ1) is 25.6. The predicted molar refractivity (Wildman–Crippen MR) is 101 cm³/mol. The summed E-state index contributed by atoms with van der Waals surface area (Å²) in [5, 5.41) is 27.5. The van der Waals surface area contributed by atoms with E-state index in [4.69, 9.17) is 22.0 Å². The number of nitrogens with two attached hydrogens (primary N) is 2. The maximum Gasteiger partial charge on any atom is 0.325 e. The normalized spacial score (nSPS) is 12.1. The molecule has 0 aromatic rings. The lowest BCUT2D eigenvalue weighted by atomic mass is 10.1. The largest absolute Gasteiger partial charge is 0.480 e. The minimum atomic E-state index is -1.23. The lowest BCUT2D eigenvalue weighted by Crippen LogP contribution is -2.52. The zero-order chi connectivity index (χ0) is 22.4. The smallest absolute Gasteiger partial charge is 0.325 e. The number of amides is 4. The molecule has 14 nitrogen and oxygen atoms in total. The van der Waals surface area contributed by atoms with Gasteiger partial charge in [-0.3, -0.25) is 29.4 Å². The number of carboxylic acids is 1. The number of carbonyl (C=O) groups is 5. The third kappa shape index (κ3) is 12.6. The number of hydrogen-bond acceptors (Lipinski definition) is 7. The third-order valence-corrected chi connectivity index (χ3v) is 3.44. The topological polar surface area (TPSA) is 242 Å². The van der Waals surface area contributed by atoms with Gasteiger partial charge in [-0.05, 0) is 19.8 Å². The van der Waals surface area contributed by atoms with Crippen LogP contribution < -0.4 is 38.1 Å². The number of rotatable bonds is 13. The van der Waals surface area contributed by atoms with Crippen LogP contribution in [0.25, 0.3) is 0 Å². The Morgan fingerprint density at radius 1 is 0.966 bits per heavy atom. The Hall–Kier alpha value is -3.42. The van der Waals surface area contributed by atoms with Gasteiger partial charge in [-0.2, -0.15) is 0 Å². The fourth-order valence-corrected chi connectivity index (χ4v) is 1.94. The third-order valence-electron chi connectivity index (χ3n) is 3.44. The summed E-state index contributed by atoms with van der Waals surface area (Å²) < 4.78 is 0. The highest BCUT2D eigenvalue weighted by Gasteiger charge is 2.22. The van der Waals surface area contributed by atoms with Crippen LogP contribution in [-0.4, -0.2) is 78.9 Å². The molecule has 164 valence electrons. The molecule has 0 bridgehead atoms. The van der Waals surface area contributed by atoms with Crippen LogP contribution in [0.15, 0.2) is 0 Å². The van der Waals surface area contributed by atoms with Crippen molar-refractivity contribution in [1.29, 1.82) is 5.41 Å². The van der Waals surface area contributed by atoms with Gasteiger partial charge < -0.3 is 43.2 Å². The summed E-state index contributed by atoms with van der Waals surface area (Å²) in [6.45, 7) is 0.372. The van der Waals surface area contributed by atoms with E-state index in [0.717, 1.165) is 0 Å². The van der Waals surface area contributed by atoms with E-state index in [1.807, 2.05) is 0 Å². The molecule has 0 spiro atoms. The van der Waals surface area contributed by atoms with Gasteiger partial charge in [-0.25, -0.2) is 0 Å². The Balaban J connectivity index is 4.70. The van der Waals surface area contributed by atoms with Crippen LogP contribution in [0.2, 0.25) is 0 Å². The number of carboxylic acid groups (broad SMARTS) is 1. The molecule has 0 aromatic heterocycles. The first-order valence-electron chi connectivity index (χ1n) is 8.70. The summed E-state index contributed by atoms with van der Waals surface area (Å²) in [5.74, 6) is -4.06. The molecule has 0 fully saturated rings. The minimum Gasteiger partial charge on any atom is -0.480 e. The quantitative estimate of drug-likeness (QED) is 0.0797. The van der Waals surface area contributed by atoms with Gasteiger partial charge in [0.2, 0.25) is 23.6 Å². The Labute approximate surface area is 167 Å². The van der Waals surface area contributed by atoms with Crippen molar-refractivity contribution in [3.8, 4) is 0 Å². The van der Waals surface area contributed by atoms with Crippen LogP contribution in [0.3, 0.4) is 0 Å². The number of hydrogen-bond donors (Lipinski definition) is 9. The fourth-order valence-electron chi connectivity index (χ4n) is 1.94. The van der Waals surface area contributed by atoms with E-state index in [1.54, 1.807) is 0 Å². The van der Waals surface area contributed by atoms with Gasteiger partial charge >= 0.3 is 5.97 Å². The van der Waals surface area contributed by atoms with E-state index < -0.39 is 48.2 Å². The highest BCUT2D eigenvalue weighted by atomic mass is 16.4. The Bertz CT molecular complexity index is 626. The van der Waals surface area contributed by atoms with Crippen molar-refractivity contribution < 1.29 is 29.1 Å². The van der Waals surface area contributed by atoms with E-state index in [1.165, 1.54) is 6.92 Å². The van der Waals surface area contributed by atoms with Gasteiger partial charge in [0.15, 0.2) is 5.96 Å². The summed E-state index contributed by atoms with van der Waals surface area (Å²) >= 11 is 0. The average Bonchev–Trinajstić information content (AvgIpc) is 2.65. The fraction of sp³-hybridized carbons (Fsp3) is 0.600. The molecule has 0 heterocycles. The molecule has 0 aromatic carbocycles. The highest BCUT2D eigenvalue weighted by molar-refractivity contribution is 5.92. The van der Waals surface area contributed by atoms with Crippen molar-refractivity contribution in [1.82, 2.24) is 26.6 Å². The van der Waals surface area contributed by atoms with Crippen molar-refractivity contribution >= 4 is 35.6 Å². The first-order valence-corrected chi connectivity index (χ1v) is 8.70. The minimum absolute atomic E-state index is 0.149. The van der Waals surface area contributed by atoms with Crippen molar-refractivity contribution in [3.63, 3.8) is 0 Å². The van der Waals surface area contributed by atoms with Gasteiger partial charge in [-0.15, -0.1) is 0 Å². The number of carbonyl (C=O) groups excluding carboxylic acids is 4. The second-order valence-electron chi connectivity index (χ2n) is 5.93. The standard InChI is InChI=1S/C15H28N8O6/c1-8(14(28)29)22-11(25)7-21-13(27)9(3-2-4-19-15(17)18)23-12(26)6-20-10(24)5-16/h8-9H,2-7,16H2,1H3,(H,20,24)(H,21,27)(H,22,25)(H,23,26)(H,28,29)(H4,17,18,19)/t8-,9-/m0/s1. The van der Waals surface area contributed by atoms with Gasteiger partial charge in [0.1, 0.15) is 12.1 Å². The maximum atomic E-state index is 12.3. The summed E-state index contributed by atoms with van der Waals surface area (Å²) in [5.41, 5.74) is 10.3. The molecule has 14 heteroatoms. The average molecular weight is 416 g/mol. The monoisotopic (exact) mass is 416 g/mol. The number of guanidine groups is 1. The lowest BCUT2D eigenvalue weighted by Gasteiger charge is -2.19. The van der Waals surface area contributed by atoms with Crippen molar-refractivity contribution in [2.24, 2.45) is 11.5 Å². The molecule has 0 aliphatic rings. The Morgan fingerprint density at radius 3 is 2.10 bits per heavy atom. The van der Waals surface area contributed by atoms with E-state index >= 15 is 0 Å². The molecule has 29 heavy (non-hydrogen) atoms. The summed E-state index contributed by atoms with van der Waals surface area (Å²) in [6, 6.07) is -2.16. The molecule has 0 aliphatic carbocycles. The van der Waals surface area contributed by atoms with Crippen LogP contribution in [0.4, 0.5) is 0 Å². The lowest BCUT2D eigenvalue weighted by molar-refractivity contribution is -0.141. The van der Waals surface area contributed by atoms with Crippen molar-refractivity contribution in [3.05, 3.63) is 0 Å².